The molecule has 0 amide bonds. The summed E-state index contributed by atoms with van der Waals surface area (Å²) in [5, 5.41) is 3.17. The van der Waals surface area contributed by atoms with Crippen LogP contribution >= 0.6 is 0 Å². The monoisotopic (exact) mass is 363 g/mol. The van der Waals surface area contributed by atoms with Crippen LogP contribution < -0.4 is 14.8 Å². The van der Waals surface area contributed by atoms with Crippen molar-refractivity contribution in [2.24, 2.45) is 0 Å². The van der Waals surface area contributed by atoms with Crippen molar-refractivity contribution in [2.75, 3.05) is 11.9 Å². The van der Waals surface area contributed by atoms with E-state index in [4.69, 9.17) is 9.47 Å². The number of aromatic nitrogens is 2. The van der Waals surface area contributed by atoms with Crippen LogP contribution in [0.3, 0.4) is 0 Å². The number of ether oxygens (including phenoxy) is 2. The molecule has 0 aliphatic carbocycles. The van der Waals surface area contributed by atoms with Gasteiger partial charge in [0.2, 0.25) is 0 Å². The van der Waals surface area contributed by atoms with Gasteiger partial charge in [-0.05, 0) is 37.6 Å². The molecule has 1 heterocycles. The first-order valence-electron chi connectivity index (χ1n) is 8.73. The number of anilines is 2. The Morgan fingerprint density at radius 2 is 1.81 bits per heavy atom. The lowest BCUT2D eigenvalue weighted by Crippen LogP contribution is -2.10. The molecule has 0 radical (unpaired) electrons. The Bertz CT molecular complexity index is 885. The number of rotatable bonds is 8. The summed E-state index contributed by atoms with van der Waals surface area (Å²) >= 11 is 0. The van der Waals surface area contributed by atoms with Crippen molar-refractivity contribution in [3.63, 3.8) is 0 Å². The Morgan fingerprint density at radius 1 is 1.00 bits per heavy atom. The zero-order valence-corrected chi connectivity index (χ0v) is 15.1. The van der Waals surface area contributed by atoms with Crippen molar-refractivity contribution in [2.45, 2.75) is 19.8 Å². The minimum Gasteiger partial charge on any atom is -0.494 e. The lowest BCUT2D eigenvalue weighted by molar-refractivity contribution is -0.134. The lowest BCUT2D eigenvalue weighted by atomic mass is 10.3. The van der Waals surface area contributed by atoms with Gasteiger partial charge in [0.25, 0.3) is 0 Å². The van der Waals surface area contributed by atoms with Gasteiger partial charge in [-0.15, -0.1) is 0 Å². The van der Waals surface area contributed by atoms with E-state index in [1.807, 2.05) is 55.5 Å². The third-order valence-electron chi connectivity index (χ3n) is 3.68. The predicted octanol–water partition coefficient (Wildman–Crippen LogP) is 4.29. The summed E-state index contributed by atoms with van der Waals surface area (Å²) in [6.07, 6.45) is 2.38. The first-order chi connectivity index (χ1) is 13.2. The molecule has 6 nitrogen and oxygen atoms in total. The normalized spacial score (nSPS) is 10.3. The highest BCUT2D eigenvalue weighted by Gasteiger charge is 2.06. The summed E-state index contributed by atoms with van der Waals surface area (Å²) in [5.41, 5.74) is 1.65. The molecule has 1 N–H and O–H groups in total. The summed E-state index contributed by atoms with van der Waals surface area (Å²) < 4.78 is 11.0. The Hall–Kier alpha value is -3.41. The molecule has 0 aliphatic heterocycles. The molecule has 138 valence electrons. The third kappa shape index (κ3) is 6.11. The number of carbonyl (C=O) groups is 1. The molecule has 0 fully saturated rings. The van der Waals surface area contributed by atoms with Gasteiger partial charge >= 0.3 is 5.97 Å². The Kier molecular flexibility index (Phi) is 6.35. The molecule has 0 saturated carbocycles. The molecule has 3 rings (SSSR count). The number of benzene rings is 2. The maximum atomic E-state index is 12.0. The molecule has 6 heteroatoms. The second-order valence-electron chi connectivity index (χ2n) is 5.94. The number of nitrogens with zero attached hydrogens (tertiary/aromatic N) is 2. The molecule has 0 atom stereocenters. The molecule has 1 aromatic heterocycles. The molecular weight excluding hydrogens is 342 g/mol. The molecule has 3 aromatic rings. The maximum absolute atomic E-state index is 12.0. The van der Waals surface area contributed by atoms with Crippen LogP contribution in [0, 0.1) is 6.92 Å². The van der Waals surface area contributed by atoms with Gasteiger partial charge in [0.1, 0.15) is 23.6 Å². The summed E-state index contributed by atoms with van der Waals surface area (Å²) in [6, 6.07) is 18.6. The highest BCUT2D eigenvalue weighted by Crippen LogP contribution is 2.21. The van der Waals surface area contributed by atoms with E-state index < -0.39 is 0 Å². The fourth-order valence-corrected chi connectivity index (χ4v) is 2.41. The first-order valence-corrected chi connectivity index (χ1v) is 8.73. The van der Waals surface area contributed by atoms with Gasteiger partial charge < -0.3 is 14.8 Å². The largest absolute Gasteiger partial charge is 0.494 e. The van der Waals surface area contributed by atoms with E-state index in [1.54, 1.807) is 12.1 Å². The number of nitrogens with one attached hydrogen (secondary N) is 1. The molecule has 0 spiro atoms. The summed E-state index contributed by atoms with van der Waals surface area (Å²) in [6.45, 7) is 2.36. The molecule has 0 saturated heterocycles. The Balaban J connectivity index is 1.46. The van der Waals surface area contributed by atoms with Crippen LogP contribution in [0.1, 0.15) is 18.5 Å². The van der Waals surface area contributed by atoms with Crippen LogP contribution in [0.4, 0.5) is 11.5 Å². The van der Waals surface area contributed by atoms with Gasteiger partial charge in [0, 0.05) is 29.9 Å². The smallest absolute Gasteiger partial charge is 0.311 e. The second kappa shape index (κ2) is 9.33. The van der Waals surface area contributed by atoms with Crippen molar-refractivity contribution >= 4 is 17.5 Å². The highest BCUT2D eigenvalue weighted by atomic mass is 16.5. The van der Waals surface area contributed by atoms with E-state index in [9.17, 15) is 4.79 Å². The van der Waals surface area contributed by atoms with Crippen LogP contribution in [-0.2, 0) is 4.79 Å². The van der Waals surface area contributed by atoms with Gasteiger partial charge in [-0.3, -0.25) is 4.79 Å². The summed E-state index contributed by atoms with van der Waals surface area (Å²) in [5.74, 6) is 1.68. The van der Waals surface area contributed by atoms with Crippen LogP contribution in [-0.4, -0.2) is 22.5 Å². The average Bonchev–Trinajstić information content (AvgIpc) is 2.66. The fraction of sp³-hybridized carbons (Fsp3) is 0.190. The van der Waals surface area contributed by atoms with Gasteiger partial charge in [0.05, 0.1) is 6.61 Å². The minimum atomic E-state index is -0.290. The molecular formula is C21H21N3O3. The van der Waals surface area contributed by atoms with E-state index in [0.717, 1.165) is 17.1 Å². The van der Waals surface area contributed by atoms with Gasteiger partial charge in [-0.1, -0.05) is 24.3 Å². The second-order valence-corrected chi connectivity index (χ2v) is 5.94. The number of hydrogen-bond donors (Lipinski definition) is 1. The Labute approximate surface area is 158 Å². The maximum Gasteiger partial charge on any atom is 0.311 e. The molecule has 2 aromatic carbocycles. The molecule has 27 heavy (non-hydrogen) atoms. The van der Waals surface area contributed by atoms with E-state index >= 15 is 0 Å². The van der Waals surface area contributed by atoms with Crippen molar-refractivity contribution in [1.82, 2.24) is 9.97 Å². The third-order valence-corrected chi connectivity index (χ3v) is 3.68. The van der Waals surface area contributed by atoms with E-state index in [0.29, 0.717) is 24.6 Å². The standard InChI is InChI=1S/C21H21N3O3/c1-16-13-20(23-15-22-16)24-17-7-5-10-19(14-17)27-21(25)11-6-12-26-18-8-3-2-4-9-18/h2-5,7-10,13-15H,6,11-12H2,1H3,(H,22,23,24). The number of carbonyl (C=O) groups excluding carboxylic acids is 1. The van der Waals surface area contributed by atoms with Gasteiger partial charge in [0.15, 0.2) is 0 Å². The fourth-order valence-electron chi connectivity index (χ4n) is 2.41. The number of aryl methyl sites for hydroxylation is 1. The van der Waals surface area contributed by atoms with Gasteiger partial charge in [-0.2, -0.15) is 0 Å². The quantitative estimate of drug-likeness (QED) is 0.366. The Morgan fingerprint density at radius 3 is 2.63 bits per heavy atom. The van der Waals surface area contributed by atoms with E-state index in [-0.39, 0.29) is 12.4 Å². The molecule has 0 aliphatic rings. The van der Waals surface area contributed by atoms with Crippen LogP contribution in [0.5, 0.6) is 11.5 Å². The molecule has 0 unspecified atom stereocenters. The zero-order valence-electron chi connectivity index (χ0n) is 15.1. The number of para-hydroxylation sites is 1. The van der Waals surface area contributed by atoms with Crippen molar-refractivity contribution in [3.8, 4) is 11.5 Å². The van der Waals surface area contributed by atoms with E-state index in [1.165, 1.54) is 6.33 Å². The van der Waals surface area contributed by atoms with Crippen molar-refractivity contribution in [1.29, 1.82) is 0 Å². The highest BCUT2D eigenvalue weighted by molar-refractivity contribution is 5.73. The summed E-state index contributed by atoms with van der Waals surface area (Å²) in [4.78, 5) is 20.2. The number of esters is 1. The van der Waals surface area contributed by atoms with Crippen LogP contribution in [0.15, 0.2) is 67.0 Å². The SMILES string of the molecule is Cc1cc(Nc2cccc(OC(=O)CCCOc3ccccc3)c2)ncn1. The van der Waals surface area contributed by atoms with E-state index in [2.05, 4.69) is 15.3 Å². The summed E-state index contributed by atoms with van der Waals surface area (Å²) in [7, 11) is 0. The zero-order chi connectivity index (χ0) is 18.9. The predicted molar refractivity (Wildman–Crippen MR) is 103 cm³/mol. The van der Waals surface area contributed by atoms with Crippen LogP contribution in [0.2, 0.25) is 0 Å². The van der Waals surface area contributed by atoms with Crippen molar-refractivity contribution in [3.05, 3.63) is 72.7 Å². The lowest BCUT2D eigenvalue weighted by Gasteiger charge is -2.09. The van der Waals surface area contributed by atoms with Crippen molar-refractivity contribution < 1.29 is 14.3 Å². The van der Waals surface area contributed by atoms with Gasteiger partial charge in [-0.25, -0.2) is 9.97 Å². The topological polar surface area (TPSA) is 73.3 Å². The average molecular weight is 363 g/mol. The first kappa shape index (κ1) is 18.4. The van der Waals surface area contributed by atoms with Crippen LogP contribution in [0.25, 0.3) is 0 Å². The minimum absolute atomic E-state index is 0.287. The molecule has 0 bridgehead atoms. The number of hydrogen-bond acceptors (Lipinski definition) is 6.